The summed E-state index contributed by atoms with van der Waals surface area (Å²) in [4.78, 5) is 36.5. The molecule has 0 bridgehead atoms. The predicted octanol–water partition coefficient (Wildman–Crippen LogP) is 4.63. The summed E-state index contributed by atoms with van der Waals surface area (Å²) in [6.07, 6.45) is -0.811. The Bertz CT molecular complexity index is 1390. The first-order chi connectivity index (χ1) is 17.7. The number of nitro groups is 1. The van der Waals surface area contributed by atoms with E-state index in [4.69, 9.17) is 16.3 Å². The number of piperidine rings is 1. The van der Waals surface area contributed by atoms with Crippen LogP contribution in [0.2, 0.25) is 5.02 Å². The van der Waals surface area contributed by atoms with Crippen molar-refractivity contribution in [3.63, 3.8) is 0 Å². The first-order valence-electron chi connectivity index (χ1n) is 11.2. The lowest BCUT2D eigenvalue weighted by Gasteiger charge is -2.30. The number of nitro benzene ring substituents is 1. The lowest BCUT2D eigenvalue weighted by molar-refractivity contribution is -0.384. The number of nitrogens with one attached hydrogen (secondary N) is 1. The number of amides is 1. The summed E-state index contributed by atoms with van der Waals surface area (Å²) in [6.45, 7) is 0.307. The van der Waals surface area contributed by atoms with Crippen LogP contribution in [0.15, 0.2) is 70.3 Å². The third-order valence-electron chi connectivity index (χ3n) is 5.87. The Hall–Kier alpha value is -3.32. The van der Waals surface area contributed by atoms with E-state index in [0.717, 1.165) is 17.4 Å². The van der Waals surface area contributed by atoms with Crippen molar-refractivity contribution in [1.82, 2.24) is 4.31 Å². The Kier molecular flexibility index (Phi) is 8.22. The highest BCUT2D eigenvalue weighted by Crippen LogP contribution is 2.31. The van der Waals surface area contributed by atoms with Crippen LogP contribution in [0.4, 0.5) is 11.4 Å². The molecular formula is C24H22ClN3O7S2. The summed E-state index contributed by atoms with van der Waals surface area (Å²) in [5.74, 6) is -1.89. The molecule has 1 N–H and O–H groups in total. The van der Waals surface area contributed by atoms with Gasteiger partial charge in [-0.3, -0.25) is 19.7 Å². The zero-order valence-corrected chi connectivity index (χ0v) is 21.7. The van der Waals surface area contributed by atoms with Crippen molar-refractivity contribution in [2.45, 2.75) is 23.2 Å². The zero-order chi connectivity index (χ0) is 26.6. The Morgan fingerprint density at radius 2 is 1.81 bits per heavy atom. The average molecular weight is 564 g/mol. The maximum atomic E-state index is 13.2. The van der Waals surface area contributed by atoms with Gasteiger partial charge in [-0.05, 0) is 30.4 Å². The highest BCUT2D eigenvalue weighted by molar-refractivity contribution is 7.91. The number of hydrogen-bond acceptors (Lipinski definition) is 8. The summed E-state index contributed by atoms with van der Waals surface area (Å²) in [6, 6.07) is 15.2. The van der Waals surface area contributed by atoms with E-state index in [1.807, 2.05) is 0 Å². The molecule has 1 saturated heterocycles. The first-order valence-corrected chi connectivity index (χ1v) is 13.9. The second kappa shape index (κ2) is 11.4. The number of carbonyl (C=O) groups excluding carboxylic acids is 2. The predicted molar refractivity (Wildman–Crippen MR) is 138 cm³/mol. The molecule has 1 aliphatic rings. The number of esters is 1. The number of non-ortho nitro benzene ring substituents is 1. The molecule has 2 heterocycles. The highest BCUT2D eigenvalue weighted by Gasteiger charge is 2.35. The number of carbonyl (C=O) groups is 2. The Morgan fingerprint density at radius 3 is 2.41 bits per heavy atom. The maximum Gasteiger partial charge on any atom is 0.310 e. The van der Waals surface area contributed by atoms with Gasteiger partial charge in [0.2, 0.25) is 6.10 Å². The fraction of sp³-hybridized carbons (Fsp3) is 0.250. The molecule has 1 amide bonds. The van der Waals surface area contributed by atoms with Gasteiger partial charge in [0.1, 0.15) is 4.21 Å². The minimum atomic E-state index is -3.61. The van der Waals surface area contributed by atoms with E-state index in [2.05, 4.69) is 5.32 Å². The number of halogens is 1. The van der Waals surface area contributed by atoms with Crippen molar-refractivity contribution in [1.29, 1.82) is 0 Å². The molecule has 0 aliphatic carbocycles. The van der Waals surface area contributed by atoms with Crippen LogP contribution >= 0.6 is 22.9 Å². The SMILES string of the molecule is O=C(OC(C(=O)Nc1ccc([N+](=O)[O-])cc1Cl)c1ccccc1)C1CCN(S(=O)(=O)c2cccs2)CC1. The van der Waals surface area contributed by atoms with E-state index in [-0.39, 0.29) is 46.5 Å². The minimum absolute atomic E-state index is 0.0417. The van der Waals surface area contributed by atoms with Gasteiger partial charge in [-0.15, -0.1) is 11.3 Å². The molecule has 194 valence electrons. The number of benzene rings is 2. The number of sulfonamides is 1. The Labute approximate surface area is 222 Å². The van der Waals surface area contributed by atoms with Gasteiger partial charge in [-0.2, -0.15) is 4.31 Å². The van der Waals surface area contributed by atoms with Crippen LogP contribution in [0.5, 0.6) is 0 Å². The van der Waals surface area contributed by atoms with Crippen molar-refractivity contribution >= 4 is 56.2 Å². The van der Waals surface area contributed by atoms with Gasteiger partial charge in [0.05, 0.1) is 21.6 Å². The molecule has 1 aliphatic heterocycles. The summed E-state index contributed by atoms with van der Waals surface area (Å²) in [7, 11) is -3.61. The fourth-order valence-corrected chi connectivity index (χ4v) is 6.74. The van der Waals surface area contributed by atoms with Crippen LogP contribution in [-0.4, -0.2) is 42.6 Å². The van der Waals surface area contributed by atoms with E-state index >= 15 is 0 Å². The molecule has 1 unspecified atom stereocenters. The number of nitrogens with zero attached hydrogens (tertiary/aromatic N) is 2. The standard InChI is InChI=1S/C24H22ClN3O7S2/c25-19-15-18(28(31)32)8-9-20(19)26-23(29)22(16-5-2-1-3-6-16)35-24(30)17-10-12-27(13-11-17)37(33,34)21-7-4-14-36-21/h1-9,14-15,17,22H,10-13H2,(H,26,29). The van der Waals surface area contributed by atoms with Gasteiger partial charge in [-0.25, -0.2) is 8.42 Å². The Morgan fingerprint density at radius 1 is 1.11 bits per heavy atom. The average Bonchev–Trinajstić information content (AvgIpc) is 3.45. The molecule has 1 aromatic heterocycles. The fourth-order valence-electron chi connectivity index (χ4n) is 3.90. The van der Waals surface area contributed by atoms with E-state index in [1.165, 1.54) is 16.4 Å². The molecule has 0 saturated carbocycles. The van der Waals surface area contributed by atoms with Gasteiger partial charge in [-0.1, -0.05) is 48.0 Å². The van der Waals surface area contributed by atoms with Crippen molar-refractivity contribution in [2.75, 3.05) is 18.4 Å². The Balaban J connectivity index is 1.45. The normalized spacial score (nSPS) is 15.6. The van der Waals surface area contributed by atoms with E-state index in [0.29, 0.717) is 5.56 Å². The number of anilines is 1. The molecule has 4 rings (SSSR count). The van der Waals surface area contributed by atoms with E-state index in [1.54, 1.807) is 47.8 Å². The summed E-state index contributed by atoms with van der Waals surface area (Å²) >= 11 is 7.24. The summed E-state index contributed by atoms with van der Waals surface area (Å²) < 4.78 is 32.7. The molecular weight excluding hydrogens is 542 g/mol. The van der Waals surface area contributed by atoms with Gasteiger partial charge >= 0.3 is 5.97 Å². The molecule has 37 heavy (non-hydrogen) atoms. The molecule has 0 spiro atoms. The van der Waals surface area contributed by atoms with Crippen LogP contribution in [0.3, 0.4) is 0 Å². The van der Waals surface area contributed by atoms with Gasteiger partial charge < -0.3 is 10.1 Å². The van der Waals surface area contributed by atoms with Crippen molar-refractivity contribution in [3.8, 4) is 0 Å². The van der Waals surface area contributed by atoms with Gasteiger partial charge in [0.25, 0.3) is 21.6 Å². The minimum Gasteiger partial charge on any atom is -0.447 e. The van der Waals surface area contributed by atoms with Crippen LogP contribution < -0.4 is 5.32 Å². The summed E-state index contributed by atoms with van der Waals surface area (Å²) in [5, 5.41) is 15.2. The molecule has 0 radical (unpaired) electrons. The molecule has 2 aromatic carbocycles. The molecule has 1 fully saturated rings. The third kappa shape index (κ3) is 6.16. The topological polar surface area (TPSA) is 136 Å². The molecule has 13 heteroatoms. The van der Waals surface area contributed by atoms with Gasteiger partial charge in [0, 0.05) is 30.8 Å². The van der Waals surface area contributed by atoms with E-state index in [9.17, 15) is 28.1 Å². The van der Waals surface area contributed by atoms with E-state index < -0.39 is 38.8 Å². The largest absolute Gasteiger partial charge is 0.447 e. The molecule has 1 atom stereocenters. The smallest absolute Gasteiger partial charge is 0.310 e. The lowest BCUT2D eigenvalue weighted by atomic mass is 9.98. The zero-order valence-electron chi connectivity index (χ0n) is 19.3. The number of hydrogen-bond donors (Lipinski definition) is 1. The highest BCUT2D eigenvalue weighted by atomic mass is 35.5. The second-order valence-corrected chi connectivity index (χ2v) is 11.8. The molecule has 3 aromatic rings. The summed E-state index contributed by atoms with van der Waals surface area (Å²) in [5.41, 5.74) is 0.312. The number of thiophene rings is 1. The molecule has 10 nitrogen and oxygen atoms in total. The van der Waals surface area contributed by atoms with Crippen LogP contribution in [-0.2, 0) is 24.3 Å². The number of ether oxygens (including phenoxy) is 1. The van der Waals surface area contributed by atoms with Crippen molar-refractivity contribution in [3.05, 3.63) is 86.7 Å². The second-order valence-electron chi connectivity index (χ2n) is 8.25. The monoisotopic (exact) mass is 563 g/mol. The van der Waals surface area contributed by atoms with Crippen LogP contribution in [0.25, 0.3) is 0 Å². The van der Waals surface area contributed by atoms with Crippen LogP contribution in [0, 0.1) is 16.0 Å². The van der Waals surface area contributed by atoms with Gasteiger partial charge in [0.15, 0.2) is 0 Å². The number of rotatable bonds is 8. The van der Waals surface area contributed by atoms with Crippen LogP contribution in [0.1, 0.15) is 24.5 Å². The lowest BCUT2D eigenvalue weighted by Crippen LogP contribution is -2.41. The maximum absolute atomic E-state index is 13.2. The first kappa shape index (κ1) is 26.7. The van der Waals surface area contributed by atoms with Crippen molar-refractivity contribution in [2.24, 2.45) is 5.92 Å². The quantitative estimate of drug-likeness (QED) is 0.239. The van der Waals surface area contributed by atoms with Crippen molar-refractivity contribution < 1.29 is 27.7 Å². The third-order valence-corrected chi connectivity index (χ3v) is 9.46.